The van der Waals surface area contributed by atoms with Crippen LogP contribution < -0.4 is 0 Å². The van der Waals surface area contributed by atoms with Gasteiger partial charge in [0.1, 0.15) is 0 Å². The number of hydrazone groups is 1. The number of amides is 1. The molecule has 1 N–H and O–H groups in total. The molecule has 0 saturated carbocycles. The first-order valence-corrected chi connectivity index (χ1v) is 7.86. The van der Waals surface area contributed by atoms with Crippen molar-refractivity contribution in [2.24, 2.45) is 11.0 Å². The summed E-state index contributed by atoms with van der Waals surface area (Å²) in [6.45, 7) is 3.58. The number of carbonyl (C=O) groups excluding carboxylic acids is 1. The van der Waals surface area contributed by atoms with Crippen molar-refractivity contribution in [1.29, 1.82) is 0 Å². The van der Waals surface area contributed by atoms with Gasteiger partial charge in [-0.25, -0.2) is 0 Å². The van der Waals surface area contributed by atoms with Gasteiger partial charge < -0.3 is 5.11 Å². The molecule has 1 aliphatic heterocycles. The predicted octanol–water partition coefficient (Wildman–Crippen LogP) is 3.02. The number of nitrogens with zero attached hydrogens (tertiary/aromatic N) is 3. The van der Waals surface area contributed by atoms with Gasteiger partial charge in [-0.15, -0.1) is 0 Å². The minimum absolute atomic E-state index is 0.0101. The summed E-state index contributed by atoms with van der Waals surface area (Å²) in [6, 6.07) is 4.85. The van der Waals surface area contributed by atoms with Gasteiger partial charge >= 0.3 is 6.18 Å². The summed E-state index contributed by atoms with van der Waals surface area (Å²) >= 11 is 0. The predicted molar refractivity (Wildman–Crippen MR) is 86.2 cm³/mol. The molecule has 26 heavy (non-hydrogen) atoms. The number of rotatable bonds is 5. The van der Waals surface area contributed by atoms with Gasteiger partial charge in [0, 0.05) is 24.3 Å². The Bertz CT molecular complexity index is 731. The molecule has 1 aromatic carbocycles. The maximum absolute atomic E-state index is 13.4. The number of benzene rings is 1. The molecule has 0 unspecified atom stereocenters. The Morgan fingerprint density at radius 3 is 2.42 bits per heavy atom. The maximum Gasteiger partial charge on any atom is 0.438 e. The van der Waals surface area contributed by atoms with Gasteiger partial charge in [-0.3, -0.25) is 14.9 Å². The van der Waals surface area contributed by atoms with E-state index < -0.39 is 35.6 Å². The summed E-state index contributed by atoms with van der Waals surface area (Å²) in [7, 11) is 0. The first kappa shape index (κ1) is 19.8. The van der Waals surface area contributed by atoms with Crippen LogP contribution in [0.15, 0.2) is 29.4 Å². The van der Waals surface area contributed by atoms with Crippen LogP contribution in [0.25, 0.3) is 0 Å². The average molecular weight is 373 g/mol. The maximum atomic E-state index is 13.4. The fourth-order valence-corrected chi connectivity index (χ4v) is 2.67. The highest BCUT2D eigenvalue weighted by Crippen LogP contribution is 2.41. The molecule has 10 heteroatoms. The number of non-ortho nitro benzene ring substituents is 1. The number of carbonyl (C=O) groups is 1. The summed E-state index contributed by atoms with van der Waals surface area (Å²) < 4.78 is 40.1. The molecule has 0 aliphatic carbocycles. The third-order valence-electron chi connectivity index (χ3n) is 3.88. The monoisotopic (exact) mass is 373 g/mol. The molecule has 1 atom stereocenters. The molecule has 1 amide bonds. The van der Waals surface area contributed by atoms with Crippen LogP contribution in [0.2, 0.25) is 0 Å². The van der Waals surface area contributed by atoms with E-state index in [9.17, 15) is 33.2 Å². The highest BCUT2D eigenvalue weighted by atomic mass is 19.4. The Kier molecular flexibility index (Phi) is 5.36. The average Bonchev–Trinajstić information content (AvgIpc) is 2.84. The Morgan fingerprint density at radius 2 is 1.96 bits per heavy atom. The van der Waals surface area contributed by atoms with Gasteiger partial charge in [0.15, 0.2) is 0 Å². The molecule has 0 saturated heterocycles. The molecule has 1 heterocycles. The lowest BCUT2D eigenvalue weighted by Gasteiger charge is -2.32. The van der Waals surface area contributed by atoms with Crippen LogP contribution in [0.5, 0.6) is 0 Å². The molecular weight excluding hydrogens is 355 g/mol. The lowest BCUT2D eigenvalue weighted by molar-refractivity contribution is -0.384. The third-order valence-corrected chi connectivity index (χ3v) is 3.88. The van der Waals surface area contributed by atoms with Gasteiger partial charge in [0.25, 0.3) is 11.4 Å². The van der Waals surface area contributed by atoms with Crippen molar-refractivity contribution >= 4 is 17.3 Å². The van der Waals surface area contributed by atoms with Crippen LogP contribution in [0.3, 0.4) is 0 Å². The zero-order valence-corrected chi connectivity index (χ0v) is 14.2. The van der Waals surface area contributed by atoms with E-state index in [-0.39, 0.29) is 34.3 Å². The number of hydrogen-bond acceptors (Lipinski definition) is 5. The van der Waals surface area contributed by atoms with Gasteiger partial charge in [-0.1, -0.05) is 26.0 Å². The van der Waals surface area contributed by atoms with E-state index in [4.69, 9.17) is 0 Å². The van der Waals surface area contributed by atoms with Crippen LogP contribution in [-0.4, -0.2) is 38.6 Å². The number of nitro groups is 1. The van der Waals surface area contributed by atoms with E-state index in [2.05, 4.69) is 5.10 Å². The zero-order chi connectivity index (χ0) is 19.7. The van der Waals surface area contributed by atoms with Gasteiger partial charge in [0.2, 0.25) is 5.91 Å². The van der Waals surface area contributed by atoms with Crippen LogP contribution in [0.1, 0.15) is 32.3 Å². The van der Waals surface area contributed by atoms with Crippen molar-refractivity contribution in [2.75, 3.05) is 0 Å². The number of alkyl halides is 3. The van der Waals surface area contributed by atoms with E-state index in [0.29, 0.717) is 0 Å². The molecule has 1 aromatic rings. The SMILES string of the molecule is CC(C)CC1=NN(C(=O)Cc2ccc([N+](=O)[O-])cc2)[C@@](O)(C(F)(F)F)C1. The quantitative estimate of drug-likeness (QED) is 0.634. The number of nitro benzene ring substituents is 1. The summed E-state index contributed by atoms with van der Waals surface area (Å²) in [5.41, 5.74) is -3.21. The summed E-state index contributed by atoms with van der Waals surface area (Å²) in [4.78, 5) is 22.3. The molecular formula is C16H18F3N3O4. The van der Waals surface area contributed by atoms with E-state index in [1.165, 1.54) is 12.1 Å². The molecule has 0 aromatic heterocycles. The first-order valence-electron chi connectivity index (χ1n) is 7.86. The van der Waals surface area contributed by atoms with Crippen molar-refractivity contribution in [3.05, 3.63) is 39.9 Å². The van der Waals surface area contributed by atoms with Crippen molar-refractivity contribution in [3.63, 3.8) is 0 Å². The van der Waals surface area contributed by atoms with Crippen molar-refractivity contribution in [3.8, 4) is 0 Å². The van der Waals surface area contributed by atoms with Gasteiger partial charge in [-0.05, 0) is 17.9 Å². The molecule has 2 rings (SSSR count). The lowest BCUT2D eigenvalue weighted by Crippen LogP contribution is -2.57. The normalized spacial score (nSPS) is 20.4. The second-order valence-corrected chi connectivity index (χ2v) is 6.56. The van der Waals surface area contributed by atoms with E-state index in [1.54, 1.807) is 13.8 Å². The molecule has 7 nitrogen and oxygen atoms in total. The van der Waals surface area contributed by atoms with Crippen LogP contribution in [0.4, 0.5) is 18.9 Å². The second-order valence-electron chi connectivity index (χ2n) is 6.56. The molecule has 0 bridgehead atoms. The number of aliphatic hydroxyl groups is 1. The highest BCUT2D eigenvalue weighted by Gasteiger charge is 2.62. The standard InChI is InChI=1S/C16H18F3N3O4/c1-10(2)7-12-9-15(24,16(17,18)19)21(20-12)14(23)8-11-3-5-13(6-4-11)22(25)26/h3-6,10,24H,7-9H2,1-2H3/t15-/m0/s1. The van der Waals surface area contributed by atoms with E-state index >= 15 is 0 Å². The fourth-order valence-electron chi connectivity index (χ4n) is 2.67. The topological polar surface area (TPSA) is 96.0 Å². The lowest BCUT2D eigenvalue weighted by atomic mass is 9.99. The summed E-state index contributed by atoms with van der Waals surface area (Å²) in [5.74, 6) is -1.03. The Morgan fingerprint density at radius 1 is 1.38 bits per heavy atom. The Hall–Kier alpha value is -2.49. The number of hydrogen-bond donors (Lipinski definition) is 1. The zero-order valence-electron chi connectivity index (χ0n) is 14.2. The van der Waals surface area contributed by atoms with Crippen LogP contribution in [-0.2, 0) is 11.2 Å². The highest BCUT2D eigenvalue weighted by molar-refractivity contribution is 5.91. The molecule has 0 fully saturated rings. The van der Waals surface area contributed by atoms with Gasteiger partial charge in [-0.2, -0.15) is 23.3 Å². The number of halogens is 3. The third kappa shape index (κ3) is 4.01. The fraction of sp³-hybridized carbons (Fsp3) is 0.500. The Labute approximate surface area is 147 Å². The first-order chi connectivity index (χ1) is 11.9. The van der Waals surface area contributed by atoms with Crippen LogP contribution in [0, 0.1) is 16.0 Å². The summed E-state index contributed by atoms with van der Waals surface area (Å²) in [6.07, 6.45) is -6.12. The van der Waals surface area contributed by atoms with Crippen molar-refractivity contribution in [2.45, 2.75) is 45.0 Å². The molecule has 142 valence electrons. The molecule has 0 spiro atoms. The Balaban J connectivity index is 2.24. The minimum atomic E-state index is -5.07. The smallest absolute Gasteiger partial charge is 0.362 e. The van der Waals surface area contributed by atoms with Gasteiger partial charge in [0.05, 0.1) is 11.3 Å². The summed E-state index contributed by atoms with van der Waals surface area (Å²) in [5, 5.41) is 24.5. The molecule has 0 radical (unpaired) electrons. The minimum Gasteiger partial charge on any atom is -0.362 e. The molecule has 1 aliphatic rings. The van der Waals surface area contributed by atoms with Crippen LogP contribution >= 0.6 is 0 Å². The van der Waals surface area contributed by atoms with Crippen molar-refractivity contribution in [1.82, 2.24) is 5.01 Å². The largest absolute Gasteiger partial charge is 0.438 e. The van der Waals surface area contributed by atoms with E-state index in [1.807, 2.05) is 0 Å². The second kappa shape index (κ2) is 7.02. The van der Waals surface area contributed by atoms with E-state index in [0.717, 1.165) is 12.1 Å². The van der Waals surface area contributed by atoms with Crippen molar-refractivity contribution < 1.29 is 28.0 Å².